The van der Waals surface area contributed by atoms with Crippen molar-refractivity contribution in [3.05, 3.63) is 64.7 Å². The van der Waals surface area contributed by atoms with E-state index in [1.807, 2.05) is 0 Å². The van der Waals surface area contributed by atoms with Crippen LogP contribution in [0.1, 0.15) is 59.5 Å². The van der Waals surface area contributed by atoms with Crippen molar-refractivity contribution in [2.45, 2.75) is 50.2 Å². The number of hydrogen-bond donors (Lipinski definition) is 1. The van der Waals surface area contributed by atoms with Gasteiger partial charge in [0.25, 0.3) is 21.8 Å². The molecule has 172 valence electrons. The van der Waals surface area contributed by atoms with Gasteiger partial charge in [0, 0.05) is 23.6 Å². The van der Waals surface area contributed by atoms with Gasteiger partial charge in [-0.05, 0) is 43.7 Å². The fourth-order valence-corrected chi connectivity index (χ4v) is 5.31. The summed E-state index contributed by atoms with van der Waals surface area (Å²) < 4.78 is 65.3. The van der Waals surface area contributed by atoms with Gasteiger partial charge in [0.15, 0.2) is 0 Å². The first-order valence-electron chi connectivity index (χ1n) is 9.85. The molecule has 0 saturated carbocycles. The molecule has 1 heterocycles. The first-order valence-corrected chi connectivity index (χ1v) is 11.3. The molecular weight excluding hydrogens is 445 g/mol. The van der Waals surface area contributed by atoms with Gasteiger partial charge in [0.05, 0.1) is 11.1 Å². The lowest BCUT2D eigenvalue weighted by molar-refractivity contribution is -0.137. The van der Waals surface area contributed by atoms with Crippen LogP contribution >= 0.6 is 0 Å². The van der Waals surface area contributed by atoms with Crippen LogP contribution < -0.4 is 5.32 Å². The van der Waals surface area contributed by atoms with Gasteiger partial charge in [0.2, 0.25) is 0 Å². The number of rotatable bonds is 5. The Balaban J connectivity index is 1.81. The van der Waals surface area contributed by atoms with Gasteiger partial charge >= 0.3 is 6.18 Å². The van der Waals surface area contributed by atoms with Crippen molar-refractivity contribution in [1.82, 2.24) is 9.62 Å². The molecule has 0 spiro atoms. The van der Waals surface area contributed by atoms with Crippen LogP contribution in [0.5, 0.6) is 0 Å². The Kier molecular flexibility index (Phi) is 5.88. The van der Waals surface area contributed by atoms with Crippen molar-refractivity contribution in [2.75, 3.05) is 6.54 Å². The second kappa shape index (κ2) is 7.91. The third kappa shape index (κ3) is 4.23. The van der Waals surface area contributed by atoms with Crippen molar-refractivity contribution >= 4 is 21.8 Å². The zero-order valence-corrected chi connectivity index (χ0v) is 18.8. The number of halogens is 3. The van der Waals surface area contributed by atoms with Gasteiger partial charge in [-0.25, -0.2) is 12.7 Å². The lowest BCUT2D eigenvalue weighted by atomic mass is 9.83. The topological polar surface area (TPSA) is 83.6 Å². The van der Waals surface area contributed by atoms with E-state index in [1.165, 1.54) is 18.2 Å². The summed E-state index contributed by atoms with van der Waals surface area (Å²) in [4.78, 5) is 24.9. The standard InChI is InChI=1S/C22H23F3N2O4S/c1-13(2)27-20(29)17-9-8-14(10-18(17)32(27,30)31)19(28)26-12-21(3,4)15-6-5-7-16(11-15)22(23,24)25/h5-11,13H,12H2,1-4H3,(H,26,28). The summed E-state index contributed by atoms with van der Waals surface area (Å²) in [6.07, 6.45) is -4.48. The van der Waals surface area contributed by atoms with Crippen LogP contribution in [-0.4, -0.2) is 37.1 Å². The molecule has 3 rings (SSSR count). The maximum Gasteiger partial charge on any atom is 0.416 e. The summed E-state index contributed by atoms with van der Waals surface area (Å²) in [5, 5.41) is 2.65. The van der Waals surface area contributed by atoms with Gasteiger partial charge < -0.3 is 5.32 Å². The first-order chi connectivity index (χ1) is 14.7. The molecule has 0 bridgehead atoms. The monoisotopic (exact) mass is 468 g/mol. The van der Waals surface area contributed by atoms with E-state index in [0.29, 0.717) is 5.56 Å². The fourth-order valence-electron chi connectivity index (χ4n) is 3.52. The van der Waals surface area contributed by atoms with Crippen LogP contribution in [0.25, 0.3) is 0 Å². The zero-order chi connectivity index (χ0) is 24.1. The van der Waals surface area contributed by atoms with Crippen LogP contribution in [0.3, 0.4) is 0 Å². The zero-order valence-electron chi connectivity index (χ0n) is 17.9. The molecule has 0 aromatic heterocycles. The molecule has 0 unspecified atom stereocenters. The Labute approximate surface area is 184 Å². The molecule has 0 radical (unpaired) electrons. The van der Waals surface area contributed by atoms with Gasteiger partial charge in [-0.3, -0.25) is 9.59 Å². The van der Waals surface area contributed by atoms with Crippen molar-refractivity contribution in [3.8, 4) is 0 Å². The smallest absolute Gasteiger partial charge is 0.351 e. The van der Waals surface area contributed by atoms with Gasteiger partial charge in [-0.1, -0.05) is 32.0 Å². The molecule has 1 N–H and O–H groups in total. The third-order valence-electron chi connectivity index (χ3n) is 5.34. The maximum absolute atomic E-state index is 13.0. The highest BCUT2D eigenvalue weighted by atomic mass is 32.2. The van der Waals surface area contributed by atoms with Crippen LogP contribution in [-0.2, 0) is 21.6 Å². The normalized spacial score (nSPS) is 15.8. The highest BCUT2D eigenvalue weighted by Gasteiger charge is 2.43. The van der Waals surface area contributed by atoms with Gasteiger partial charge in [0.1, 0.15) is 4.90 Å². The predicted molar refractivity (Wildman–Crippen MR) is 112 cm³/mol. The summed E-state index contributed by atoms with van der Waals surface area (Å²) in [6.45, 7) is 6.54. The molecule has 32 heavy (non-hydrogen) atoms. The van der Waals surface area contributed by atoms with Crippen LogP contribution in [0, 0.1) is 0 Å². The summed E-state index contributed by atoms with van der Waals surface area (Å²) in [6, 6.07) is 8.10. The molecule has 0 fully saturated rings. The molecule has 6 nitrogen and oxygen atoms in total. The van der Waals surface area contributed by atoms with E-state index in [0.717, 1.165) is 22.5 Å². The molecule has 2 aromatic carbocycles. The van der Waals surface area contributed by atoms with Crippen molar-refractivity contribution in [2.24, 2.45) is 0 Å². The van der Waals surface area contributed by atoms with E-state index in [2.05, 4.69) is 5.32 Å². The van der Waals surface area contributed by atoms with Crippen molar-refractivity contribution < 1.29 is 31.2 Å². The Morgan fingerprint density at radius 2 is 1.69 bits per heavy atom. The van der Waals surface area contributed by atoms with E-state index in [9.17, 15) is 31.2 Å². The number of fused-ring (bicyclic) bond motifs is 1. The minimum absolute atomic E-state index is 0.000421. The van der Waals surface area contributed by atoms with E-state index < -0.39 is 45.0 Å². The Hall–Kier alpha value is -2.88. The van der Waals surface area contributed by atoms with E-state index >= 15 is 0 Å². The number of nitrogens with zero attached hydrogens (tertiary/aromatic N) is 1. The number of carbonyl (C=O) groups excluding carboxylic acids is 2. The minimum atomic E-state index is -4.48. The minimum Gasteiger partial charge on any atom is -0.351 e. The average molecular weight is 468 g/mol. The van der Waals surface area contributed by atoms with Gasteiger partial charge in [-0.15, -0.1) is 0 Å². The second-order valence-corrected chi connectivity index (χ2v) is 10.3. The number of sulfonamides is 1. The number of benzene rings is 2. The van der Waals surface area contributed by atoms with E-state index in [4.69, 9.17) is 0 Å². The summed E-state index contributed by atoms with van der Waals surface area (Å²) in [5.74, 6) is -1.24. The summed E-state index contributed by atoms with van der Waals surface area (Å²) >= 11 is 0. The SMILES string of the molecule is CC(C)N1C(=O)c2ccc(C(=O)NCC(C)(C)c3cccc(C(F)(F)F)c3)cc2S1(=O)=O. The largest absolute Gasteiger partial charge is 0.416 e. The average Bonchev–Trinajstić information content (AvgIpc) is 2.90. The van der Waals surface area contributed by atoms with Crippen molar-refractivity contribution in [1.29, 1.82) is 0 Å². The van der Waals surface area contributed by atoms with Crippen molar-refractivity contribution in [3.63, 3.8) is 0 Å². The third-order valence-corrected chi connectivity index (χ3v) is 7.34. The van der Waals surface area contributed by atoms with Crippen LogP contribution in [0.4, 0.5) is 13.2 Å². The molecular formula is C22H23F3N2O4S. The quantitative estimate of drug-likeness (QED) is 0.720. The second-order valence-electron chi connectivity index (χ2n) is 8.56. The van der Waals surface area contributed by atoms with Crippen LogP contribution in [0.15, 0.2) is 47.4 Å². The summed E-state index contributed by atoms with van der Waals surface area (Å²) in [7, 11) is -4.06. The Bertz CT molecular complexity index is 1190. The maximum atomic E-state index is 13.0. The van der Waals surface area contributed by atoms with E-state index in [1.54, 1.807) is 33.8 Å². The lowest BCUT2D eigenvalue weighted by Gasteiger charge is -2.26. The summed E-state index contributed by atoms with van der Waals surface area (Å²) in [5.41, 5.74) is -1.19. The first kappa shape index (κ1) is 23.8. The highest BCUT2D eigenvalue weighted by molar-refractivity contribution is 7.90. The predicted octanol–water partition coefficient (Wildman–Crippen LogP) is 3.97. The molecule has 1 aliphatic heterocycles. The number of carbonyl (C=O) groups is 2. The molecule has 1 aliphatic rings. The number of hydrogen-bond acceptors (Lipinski definition) is 4. The molecule has 2 aromatic rings. The molecule has 0 aliphatic carbocycles. The van der Waals surface area contributed by atoms with E-state index in [-0.39, 0.29) is 22.6 Å². The molecule has 0 saturated heterocycles. The Morgan fingerprint density at radius 3 is 2.28 bits per heavy atom. The number of alkyl halides is 3. The lowest BCUT2D eigenvalue weighted by Crippen LogP contribution is -2.37. The van der Waals surface area contributed by atoms with Gasteiger partial charge in [-0.2, -0.15) is 13.2 Å². The number of amides is 2. The fraction of sp³-hybridized carbons (Fsp3) is 0.364. The number of nitrogens with one attached hydrogen (secondary N) is 1. The highest BCUT2D eigenvalue weighted by Crippen LogP contribution is 2.34. The molecule has 0 atom stereocenters. The van der Waals surface area contributed by atoms with Crippen LogP contribution in [0.2, 0.25) is 0 Å². The Morgan fingerprint density at radius 1 is 1.06 bits per heavy atom. The molecule has 10 heteroatoms. The molecule has 2 amide bonds.